The molecule has 2 rings (SSSR count). The predicted molar refractivity (Wildman–Crippen MR) is 137 cm³/mol. The standard InChI is InChI=1S/C25H36N4O4S/c1-15(26-6)21(34-7)18-10-8-17(9-11-18)13-27-23(32)20-12-19(31)14-29(20)24(33)22(25(3,4)5)28-16(2)30/h8-11,19-20,22,31H,6,12-14H2,1-5,7H3,(H,27,32)(H,28,30)/b21-15-/t19-,20+,22-/m1/s1. The molecule has 1 aliphatic rings. The van der Waals surface area contributed by atoms with Crippen LogP contribution >= 0.6 is 11.8 Å². The Labute approximate surface area is 206 Å². The van der Waals surface area contributed by atoms with Crippen molar-refractivity contribution >= 4 is 41.1 Å². The van der Waals surface area contributed by atoms with Crippen LogP contribution in [-0.4, -0.2) is 65.4 Å². The van der Waals surface area contributed by atoms with Crippen molar-refractivity contribution in [1.29, 1.82) is 0 Å². The van der Waals surface area contributed by atoms with Crippen LogP contribution < -0.4 is 10.6 Å². The van der Waals surface area contributed by atoms with Crippen molar-refractivity contribution in [2.75, 3.05) is 12.8 Å². The van der Waals surface area contributed by atoms with Gasteiger partial charge in [0, 0.05) is 31.3 Å². The van der Waals surface area contributed by atoms with E-state index in [1.165, 1.54) is 11.8 Å². The van der Waals surface area contributed by atoms with Crippen LogP contribution in [0.25, 0.3) is 4.91 Å². The molecule has 0 spiro atoms. The molecule has 0 unspecified atom stereocenters. The predicted octanol–water partition coefficient (Wildman–Crippen LogP) is 2.57. The summed E-state index contributed by atoms with van der Waals surface area (Å²) < 4.78 is 0. The Balaban J connectivity index is 2.11. The first-order chi connectivity index (χ1) is 15.9. The highest BCUT2D eigenvalue weighted by Crippen LogP contribution is 2.29. The van der Waals surface area contributed by atoms with Gasteiger partial charge in [-0.05, 0) is 36.4 Å². The number of nitrogens with zero attached hydrogens (tertiary/aromatic N) is 2. The van der Waals surface area contributed by atoms with Crippen LogP contribution in [0.3, 0.4) is 0 Å². The molecule has 8 nitrogen and oxygen atoms in total. The number of hydrogen-bond acceptors (Lipinski definition) is 6. The van der Waals surface area contributed by atoms with E-state index < -0.39 is 23.6 Å². The summed E-state index contributed by atoms with van der Waals surface area (Å²) in [6.45, 7) is 12.7. The molecule has 34 heavy (non-hydrogen) atoms. The number of aliphatic hydroxyl groups excluding tert-OH is 1. The highest BCUT2D eigenvalue weighted by molar-refractivity contribution is 8.07. The van der Waals surface area contributed by atoms with Crippen molar-refractivity contribution in [2.45, 2.75) is 65.8 Å². The molecule has 0 bridgehead atoms. The first kappa shape index (κ1) is 27.6. The lowest BCUT2D eigenvalue weighted by Gasteiger charge is -2.35. The summed E-state index contributed by atoms with van der Waals surface area (Å²) in [6, 6.07) is 6.21. The number of rotatable bonds is 8. The van der Waals surface area contributed by atoms with Gasteiger partial charge in [0.1, 0.15) is 12.1 Å². The van der Waals surface area contributed by atoms with Gasteiger partial charge in [-0.3, -0.25) is 19.4 Å². The van der Waals surface area contributed by atoms with Crippen LogP contribution in [0.2, 0.25) is 0 Å². The number of nitrogens with one attached hydrogen (secondary N) is 2. The second kappa shape index (κ2) is 11.7. The van der Waals surface area contributed by atoms with Gasteiger partial charge >= 0.3 is 0 Å². The number of carbonyl (C=O) groups excluding carboxylic acids is 3. The zero-order chi connectivity index (χ0) is 25.6. The van der Waals surface area contributed by atoms with Crippen molar-refractivity contribution in [1.82, 2.24) is 15.5 Å². The fourth-order valence-electron chi connectivity index (χ4n) is 3.95. The summed E-state index contributed by atoms with van der Waals surface area (Å²) in [5, 5.41) is 15.8. The van der Waals surface area contributed by atoms with E-state index in [9.17, 15) is 19.5 Å². The summed E-state index contributed by atoms with van der Waals surface area (Å²) in [5.74, 6) is -1.02. The number of likely N-dealkylation sites (tertiary alicyclic amines) is 1. The van der Waals surface area contributed by atoms with E-state index in [0.717, 1.165) is 21.7 Å². The molecule has 0 aromatic heterocycles. The summed E-state index contributed by atoms with van der Waals surface area (Å²) in [6.07, 6.45) is 1.34. The fraction of sp³-hybridized carbons (Fsp3) is 0.520. The zero-order valence-corrected chi connectivity index (χ0v) is 21.7. The third-order valence-electron chi connectivity index (χ3n) is 5.78. The largest absolute Gasteiger partial charge is 0.391 e. The van der Waals surface area contributed by atoms with E-state index in [2.05, 4.69) is 22.3 Å². The molecule has 3 N–H and O–H groups in total. The average Bonchev–Trinajstić information content (AvgIpc) is 3.17. The van der Waals surface area contributed by atoms with Crippen molar-refractivity contribution in [2.24, 2.45) is 10.4 Å². The van der Waals surface area contributed by atoms with E-state index in [-0.39, 0.29) is 30.7 Å². The third-order valence-corrected chi connectivity index (χ3v) is 6.72. The molecule has 1 aromatic carbocycles. The van der Waals surface area contributed by atoms with Crippen LogP contribution in [0.15, 0.2) is 35.0 Å². The molecule has 1 saturated heterocycles. The quantitative estimate of drug-likeness (QED) is 0.487. The Hall–Kier alpha value is -2.65. The molecule has 0 radical (unpaired) electrons. The van der Waals surface area contributed by atoms with E-state index in [4.69, 9.17) is 0 Å². The molecule has 1 fully saturated rings. The van der Waals surface area contributed by atoms with Gasteiger partial charge in [-0.25, -0.2) is 0 Å². The molecule has 0 aliphatic carbocycles. The second-order valence-electron chi connectivity index (χ2n) is 9.59. The van der Waals surface area contributed by atoms with Crippen LogP contribution in [0.5, 0.6) is 0 Å². The monoisotopic (exact) mass is 488 g/mol. The molecule has 3 atom stereocenters. The van der Waals surface area contributed by atoms with E-state index >= 15 is 0 Å². The van der Waals surface area contributed by atoms with Crippen molar-refractivity contribution in [3.05, 3.63) is 41.1 Å². The Kier molecular flexibility index (Phi) is 9.46. The van der Waals surface area contributed by atoms with E-state index in [1.807, 2.05) is 58.2 Å². The fourth-order valence-corrected chi connectivity index (χ4v) is 4.68. The van der Waals surface area contributed by atoms with E-state index in [1.54, 1.807) is 11.8 Å². The van der Waals surface area contributed by atoms with Gasteiger partial charge in [-0.1, -0.05) is 45.0 Å². The maximum atomic E-state index is 13.3. The first-order valence-electron chi connectivity index (χ1n) is 11.2. The molecule has 186 valence electrons. The average molecular weight is 489 g/mol. The second-order valence-corrected chi connectivity index (χ2v) is 10.4. The Morgan fingerprint density at radius 1 is 1.24 bits per heavy atom. The SMILES string of the molecule is C=N/C(C)=C(\SC)c1ccc(CNC(=O)[C@@H]2C[C@@H](O)CN2C(=O)[C@@H](NC(C)=O)C(C)(C)C)cc1. The minimum atomic E-state index is -0.801. The van der Waals surface area contributed by atoms with Gasteiger partial charge in [0.2, 0.25) is 17.7 Å². The number of β-amino-alcohol motifs (C(OH)–C–C–N with tert-alkyl or cyclic N) is 1. The molecular weight excluding hydrogens is 452 g/mol. The summed E-state index contributed by atoms with van der Waals surface area (Å²) in [5.41, 5.74) is 2.23. The van der Waals surface area contributed by atoms with Gasteiger partial charge in [-0.15, -0.1) is 11.8 Å². The van der Waals surface area contributed by atoms with Crippen LogP contribution in [0.1, 0.15) is 52.2 Å². The smallest absolute Gasteiger partial charge is 0.246 e. The lowest BCUT2D eigenvalue weighted by Crippen LogP contribution is -2.57. The maximum Gasteiger partial charge on any atom is 0.246 e. The number of hydrogen-bond donors (Lipinski definition) is 3. The van der Waals surface area contributed by atoms with Crippen LogP contribution in [0.4, 0.5) is 0 Å². The summed E-state index contributed by atoms with van der Waals surface area (Å²) >= 11 is 1.60. The lowest BCUT2D eigenvalue weighted by atomic mass is 9.85. The molecule has 3 amide bonds. The minimum Gasteiger partial charge on any atom is -0.391 e. The Morgan fingerprint density at radius 2 is 1.85 bits per heavy atom. The Bertz CT molecular complexity index is 953. The highest BCUT2D eigenvalue weighted by Gasteiger charge is 2.44. The number of benzene rings is 1. The highest BCUT2D eigenvalue weighted by atomic mass is 32.2. The van der Waals surface area contributed by atoms with Crippen LogP contribution in [-0.2, 0) is 20.9 Å². The van der Waals surface area contributed by atoms with Gasteiger partial charge in [0.25, 0.3) is 0 Å². The number of allylic oxidation sites excluding steroid dienone is 1. The van der Waals surface area contributed by atoms with Crippen LogP contribution in [0, 0.1) is 5.41 Å². The van der Waals surface area contributed by atoms with Gasteiger partial charge in [0.05, 0.1) is 11.8 Å². The molecule has 9 heteroatoms. The van der Waals surface area contributed by atoms with Crippen molar-refractivity contribution < 1.29 is 19.5 Å². The molecule has 1 aromatic rings. The zero-order valence-electron chi connectivity index (χ0n) is 20.8. The van der Waals surface area contributed by atoms with Crippen molar-refractivity contribution in [3.63, 3.8) is 0 Å². The number of aliphatic imine (C=N–C) groups is 1. The molecular formula is C25H36N4O4S. The topological polar surface area (TPSA) is 111 Å². The summed E-state index contributed by atoms with van der Waals surface area (Å²) in [4.78, 5) is 44.4. The number of thioether (sulfide) groups is 1. The number of aliphatic hydroxyl groups is 1. The van der Waals surface area contributed by atoms with Gasteiger partial charge < -0.3 is 20.6 Å². The van der Waals surface area contributed by atoms with E-state index in [0.29, 0.717) is 6.54 Å². The Morgan fingerprint density at radius 3 is 2.35 bits per heavy atom. The lowest BCUT2D eigenvalue weighted by molar-refractivity contribution is -0.143. The van der Waals surface area contributed by atoms with Gasteiger partial charge in [-0.2, -0.15) is 0 Å². The molecule has 1 aliphatic heterocycles. The molecule has 0 saturated carbocycles. The third kappa shape index (κ3) is 6.93. The number of carbonyl (C=O) groups is 3. The normalized spacial score (nSPS) is 19.8. The van der Waals surface area contributed by atoms with Gasteiger partial charge in [0.15, 0.2) is 0 Å². The maximum absolute atomic E-state index is 13.3. The minimum absolute atomic E-state index is 0.0538. The summed E-state index contributed by atoms with van der Waals surface area (Å²) in [7, 11) is 0. The van der Waals surface area contributed by atoms with Crippen molar-refractivity contribution in [3.8, 4) is 0 Å². The first-order valence-corrected chi connectivity index (χ1v) is 12.5. The molecule has 1 heterocycles. The number of amides is 3.